The summed E-state index contributed by atoms with van der Waals surface area (Å²) < 4.78 is 0. The Morgan fingerprint density at radius 3 is 1.56 bits per heavy atom. The largest absolute Gasteiger partial charge is 0.863 e. The first-order valence-corrected chi connectivity index (χ1v) is 6.57. The molecule has 0 aliphatic carbocycles. The number of nitro groups is 3. The predicted molar refractivity (Wildman–Crippen MR) is 82.7 cm³/mol. The second kappa shape index (κ2) is 7.63. The van der Waals surface area contributed by atoms with Crippen LogP contribution in [0.5, 0.6) is 5.75 Å². The summed E-state index contributed by atoms with van der Waals surface area (Å²) in [5, 5.41) is 42.1. The number of hydrogen-bond acceptors (Lipinski definition) is 8. The van der Waals surface area contributed by atoms with Crippen molar-refractivity contribution in [2.24, 2.45) is 0 Å². The third-order valence-corrected chi connectivity index (χ3v) is 3.09. The first-order valence-electron chi connectivity index (χ1n) is 6.57. The summed E-state index contributed by atoms with van der Waals surface area (Å²) in [6.07, 6.45) is 3.78. The molecule has 0 fully saturated rings. The van der Waals surface area contributed by atoms with Crippen LogP contribution in [0.2, 0.25) is 0 Å². The van der Waals surface area contributed by atoms with Gasteiger partial charge in [0.2, 0.25) is 0 Å². The van der Waals surface area contributed by atoms with E-state index in [1.54, 1.807) is 0 Å². The molecule has 0 aliphatic heterocycles. The number of nitrogen functional groups attached to an aromatic ring is 1. The van der Waals surface area contributed by atoms with Gasteiger partial charge in [0.25, 0.3) is 17.1 Å². The molecule has 0 saturated carbocycles. The van der Waals surface area contributed by atoms with Gasteiger partial charge in [-0.25, -0.2) is 4.98 Å². The van der Waals surface area contributed by atoms with Crippen LogP contribution in [0.15, 0.2) is 24.5 Å². The minimum atomic E-state index is -1.46. The summed E-state index contributed by atoms with van der Waals surface area (Å²) in [6, 6.07) is 0.769. The van der Waals surface area contributed by atoms with Crippen LogP contribution in [0.3, 0.4) is 0 Å². The van der Waals surface area contributed by atoms with E-state index in [9.17, 15) is 35.4 Å². The van der Waals surface area contributed by atoms with E-state index in [0.717, 1.165) is 16.8 Å². The number of nitrogens with two attached hydrogens (primary N) is 1. The van der Waals surface area contributed by atoms with E-state index in [4.69, 9.17) is 5.73 Å². The maximum absolute atomic E-state index is 11.1. The van der Waals surface area contributed by atoms with Gasteiger partial charge < -0.3 is 10.8 Å². The van der Waals surface area contributed by atoms with Gasteiger partial charge in [0, 0.05) is 16.8 Å². The molecule has 2 aromatic rings. The number of aryl methyl sites for hydroxylation is 2. The van der Waals surface area contributed by atoms with Gasteiger partial charge in [0.1, 0.15) is 0 Å². The van der Waals surface area contributed by atoms with Crippen LogP contribution in [0, 0.1) is 44.2 Å². The summed E-state index contributed by atoms with van der Waals surface area (Å²) >= 11 is 0. The average Bonchev–Trinajstić information content (AvgIpc) is 2.52. The van der Waals surface area contributed by atoms with Gasteiger partial charge in [-0.1, -0.05) is 0 Å². The minimum absolute atomic E-state index is 0.384. The first kappa shape index (κ1) is 19.2. The van der Waals surface area contributed by atoms with Crippen molar-refractivity contribution in [3.63, 3.8) is 0 Å². The summed E-state index contributed by atoms with van der Waals surface area (Å²) in [6.45, 7) is 3.97. The number of pyridine rings is 1. The van der Waals surface area contributed by atoms with Gasteiger partial charge >= 0.3 is 0 Å². The Morgan fingerprint density at radius 1 is 0.880 bits per heavy atom. The number of nitrogens with one attached hydrogen (secondary N) is 1. The minimum Gasteiger partial charge on any atom is -0.863 e. The molecule has 0 aliphatic rings. The molecule has 0 saturated heterocycles. The maximum atomic E-state index is 11.1. The van der Waals surface area contributed by atoms with Crippen LogP contribution in [0.1, 0.15) is 11.1 Å². The Balaban J connectivity index is 0.000000293. The summed E-state index contributed by atoms with van der Waals surface area (Å²) in [5.41, 5.74) is 5.49. The number of H-pyrrole nitrogens is 1. The highest BCUT2D eigenvalue weighted by Crippen LogP contribution is 2.36. The fourth-order valence-corrected chi connectivity index (χ4v) is 1.72. The number of nitro benzene ring substituents is 3. The molecule has 0 amide bonds. The Kier molecular flexibility index (Phi) is 5.86. The quantitative estimate of drug-likeness (QED) is 0.628. The second-order valence-electron chi connectivity index (χ2n) is 4.82. The Morgan fingerprint density at radius 2 is 1.28 bits per heavy atom. The lowest BCUT2D eigenvalue weighted by Crippen LogP contribution is -2.05. The monoisotopic (exact) mass is 351 g/mol. The van der Waals surface area contributed by atoms with Gasteiger partial charge in [-0.2, -0.15) is 0 Å². The van der Waals surface area contributed by atoms with E-state index in [-0.39, 0.29) is 0 Å². The molecule has 3 N–H and O–H groups in total. The summed E-state index contributed by atoms with van der Waals surface area (Å²) in [7, 11) is 0. The van der Waals surface area contributed by atoms with Crippen LogP contribution < -0.4 is 15.8 Å². The van der Waals surface area contributed by atoms with Crippen molar-refractivity contribution >= 4 is 22.7 Å². The van der Waals surface area contributed by atoms with Crippen molar-refractivity contribution in [2.45, 2.75) is 13.8 Å². The van der Waals surface area contributed by atoms with Crippen LogP contribution >= 0.6 is 0 Å². The molecule has 132 valence electrons. The molecule has 12 nitrogen and oxygen atoms in total. The first-order chi connectivity index (χ1) is 11.6. The smallest absolute Gasteiger partial charge is 0.283 e. The highest BCUT2D eigenvalue weighted by molar-refractivity contribution is 5.64. The molecule has 1 aromatic carbocycles. The zero-order valence-corrected chi connectivity index (χ0v) is 13.1. The molecule has 1 heterocycles. The molecule has 2 rings (SSSR count). The molecule has 0 atom stereocenters. The van der Waals surface area contributed by atoms with Crippen molar-refractivity contribution in [3.05, 3.63) is 66.0 Å². The number of hydrogen-bond donors (Lipinski definition) is 1. The third-order valence-electron chi connectivity index (χ3n) is 3.09. The number of aromatic amines is 1. The van der Waals surface area contributed by atoms with Crippen molar-refractivity contribution in [2.75, 3.05) is 5.73 Å². The molecule has 0 radical (unpaired) electrons. The highest BCUT2D eigenvalue weighted by Gasteiger charge is 2.24. The van der Waals surface area contributed by atoms with Crippen molar-refractivity contribution in [3.8, 4) is 5.75 Å². The molecule has 0 spiro atoms. The Labute approximate surface area is 140 Å². The highest BCUT2D eigenvalue weighted by atomic mass is 16.6. The van der Waals surface area contributed by atoms with E-state index < -0.39 is 37.6 Å². The average molecular weight is 351 g/mol. The van der Waals surface area contributed by atoms with Crippen molar-refractivity contribution < 1.29 is 24.9 Å². The van der Waals surface area contributed by atoms with Gasteiger partial charge in [0.05, 0.1) is 32.7 Å². The number of rotatable bonds is 3. The zero-order chi connectivity index (χ0) is 19.3. The van der Waals surface area contributed by atoms with Gasteiger partial charge in [0.15, 0.2) is 12.4 Å². The topological polar surface area (TPSA) is 193 Å². The zero-order valence-electron chi connectivity index (χ0n) is 13.1. The number of aromatic nitrogens is 1. The number of anilines is 1. The van der Waals surface area contributed by atoms with E-state index in [2.05, 4.69) is 4.98 Å². The molecule has 0 unspecified atom stereocenters. The standard InChI is InChI=1S/C7H10N2.C6H3N3O7/c1-5-3-9-4-6(2)7(5)8;10-6-4(8(13)14)1-3(7(11)12)2-5(6)9(15)16/h3-4H,1-2H3,(H2,8,9);1-2,10H. The lowest BCUT2D eigenvalue weighted by molar-refractivity contribution is -0.420. The van der Waals surface area contributed by atoms with E-state index in [1.807, 2.05) is 26.2 Å². The molecule has 1 aromatic heterocycles. The normalized spacial score (nSPS) is 9.68. The van der Waals surface area contributed by atoms with Gasteiger partial charge in [-0.15, -0.1) is 0 Å². The van der Waals surface area contributed by atoms with Crippen LogP contribution in [-0.2, 0) is 0 Å². The summed E-state index contributed by atoms with van der Waals surface area (Å²) in [5.74, 6) is -1.46. The predicted octanol–water partition coefficient (Wildman–Crippen LogP) is 1.18. The Hall–Kier alpha value is -3.83. The van der Waals surface area contributed by atoms with Gasteiger partial charge in [-0.05, 0) is 13.8 Å². The molecule has 0 bridgehead atoms. The van der Waals surface area contributed by atoms with Crippen LogP contribution in [0.4, 0.5) is 22.7 Å². The molecule has 12 heteroatoms. The second-order valence-corrected chi connectivity index (χ2v) is 4.82. The van der Waals surface area contributed by atoms with Gasteiger partial charge in [-0.3, -0.25) is 30.3 Å². The Bertz CT molecular complexity index is 797. The van der Waals surface area contributed by atoms with Crippen molar-refractivity contribution in [1.29, 1.82) is 0 Å². The van der Waals surface area contributed by atoms with Crippen LogP contribution in [-0.4, -0.2) is 14.8 Å². The number of non-ortho nitro benzene ring substituents is 1. The number of nitrogens with zero attached hydrogens (tertiary/aromatic N) is 3. The lowest BCUT2D eigenvalue weighted by atomic mass is 10.2. The molecular weight excluding hydrogens is 338 g/mol. The maximum Gasteiger partial charge on any atom is 0.283 e. The van der Waals surface area contributed by atoms with Crippen LogP contribution in [0.25, 0.3) is 0 Å². The molecule has 25 heavy (non-hydrogen) atoms. The van der Waals surface area contributed by atoms with E-state index >= 15 is 0 Å². The molecular formula is C13H13N5O7. The van der Waals surface area contributed by atoms with E-state index in [0.29, 0.717) is 12.1 Å². The lowest BCUT2D eigenvalue weighted by Gasteiger charge is -2.06. The third kappa shape index (κ3) is 4.57. The van der Waals surface area contributed by atoms with Crippen molar-refractivity contribution in [1.82, 2.24) is 0 Å². The fourth-order valence-electron chi connectivity index (χ4n) is 1.72. The summed E-state index contributed by atoms with van der Waals surface area (Å²) in [4.78, 5) is 30.5. The number of benzene rings is 1. The SMILES string of the molecule is Cc1c[nH+]cc(C)c1N.O=[N+]([O-])c1cc([N+](=O)[O-])c([O-])c([N+](=O)[O-])c1. The van der Waals surface area contributed by atoms with E-state index in [1.165, 1.54) is 0 Å². The fraction of sp³-hybridized carbons (Fsp3) is 0.154.